The fourth-order valence-corrected chi connectivity index (χ4v) is 1.54. The van der Waals surface area contributed by atoms with Crippen LogP contribution in [0.15, 0.2) is 0 Å². The lowest BCUT2D eigenvalue weighted by molar-refractivity contribution is 0.236. The summed E-state index contributed by atoms with van der Waals surface area (Å²) in [6.07, 6.45) is 0. The molecule has 0 aliphatic heterocycles. The first kappa shape index (κ1) is 12.6. The molecule has 0 aliphatic rings. The summed E-state index contributed by atoms with van der Waals surface area (Å²) in [4.78, 5) is 11.2. The van der Waals surface area contributed by atoms with Crippen molar-refractivity contribution >= 4 is 17.8 Å². The van der Waals surface area contributed by atoms with Gasteiger partial charge in [0.15, 0.2) is 0 Å². The third-order valence-electron chi connectivity index (χ3n) is 1.37. The number of nitrogens with one attached hydrogen (secondary N) is 2. The molecule has 0 rings (SSSR count). The SMILES string of the molecule is CCSCC(C)NC(=O)NC(C)C. The van der Waals surface area contributed by atoms with Gasteiger partial charge in [-0.3, -0.25) is 0 Å². The maximum Gasteiger partial charge on any atom is 0.315 e. The lowest BCUT2D eigenvalue weighted by Gasteiger charge is -2.15. The van der Waals surface area contributed by atoms with Gasteiger partial charge in [0.05, 0.1) is 0 Å². The van der Waals surface area contributed by atoms with Crippen molar-refractivity contribution in [1.82, 2.24) is 10.6 Å². The Bertz CT molecular complexity index is 151. The molecule has 0 radical (unpaired) electrons. The van der Waals surface area contributed by atoms with Crippen LogP contribution in [-0.4, -0.2) is 29.6 Å². The maximum absolute atomic E-state index is 11.2. The van der Waals surface area contributed by atoms with Gasteiger partial charge >= 0.3 is 6.03 Å². The molecule has 2 amide bonds. The maximum atomic E-state index is 11.2. The molecule has 0 aromatic heterocycles. The Kier molecular flexibility index (Phi) is 6.86. The summed E-state index contributed by atoms with van der Waals surface area (Å²) < 4.78 is 0. The zero-order valence-corrected chi connectivity index (χ0v) is 9.70. The van der Waals surface area contributed by atoms with E-state index < -0.39 is 0 Å². The Morgan fingerprint density at radius 3 is 2.38 bits per heavy atom. The van der Waals surface area contributed by atoms with E-state index in [2.05, 4.69) is 17.6 Å². The third kappa shape index (κ3) is 7.96. The van der Waals surface area contributed by atoms with Crippen molar-refractivity contribution in [3.8, 4) is 0 Å². The third-order valence-corrected chi connectivity index (χ3v) is 2.51. The zero-order valence-electron chi connectivity index (χ0n) is 8.89. The van der Waals surface area contributed by atoms with Crippen LogP contribution in [0.2, 0.25) is 0 Å². The molecular formula is C9H20N2OS. The normalized spacial score (nSPS) is 12.7. The highest BCUT2D eigenvalue weighted by atomic mass is 32.2. The molecule has 2 N–H and O–H groups in total. The van der Waals surface area contributed by atoms with Crippen LogP contribution in [0.5, 0.6) is 0 Å². The van der Waals surface area contributed by atoms with E-state index in [-0.39, 0.29) is 18.1 Å². The second kappa shape index (κ2) is 7.06. The van der Waals surface area contributed by atoms with Crippen molar-refractivity contribution in [3.63, 3.8) is 0 Å². The number of thioether (sulfide) groups is 1. The molecule has 0 saturated carbocycles. The van der Waals surface area contributed by atoms with E-state index in [9.17, 15) is 4.79 Å². The molecule has 0 aliphatic carbocycles. The van der Waals surface area contributed by atoms with Crippen LogP contribution in [0.4, 0.5) is 4.79 Å². The highest BCUT2D eigenvalue weighted by Crippen LogP contribution is 2.00. The van der Waals surface area contributed by atoms with E-state index in [0.29, 0.717) is 0 Å². The summed E-state index contributed by atoms with van der Waals surface area (Å²) in [6.45, 7) is 8.03. The van der Waals surface area contributed by atoms with E-state index in [0.717, 1.165) is 11.5 Å². The van der Waals surface area contributed by atoms with Gasteiger partial charge in [-0.1, -0.05) is 6.92 Å². The van der Waals surface area contributed by atoms with Gasteiger partial charge in [0.2, 0.25) is 0 Å². The highest BCUT2D eigenvalue weighted by molar-refractivity contribution is 7.99. The summed E-state index contributed by atoms with van der Waals surface area (Å²) in [5.74, 6) is 2.07. The first-order chi connectivity index (χ1) is 6.06. The van der Waals surface area contributed by atoms with Gasteiger partial charge in [-0.15, -0.1) is 0 Å². The lowest BCUT2D eigenvalue weighted by atomic mass is 10.4. The molecular weight excluding hydrogens is 184 g/mol. The summed E-state index contributed by atoms with van der Waals surface area (Å²) in [5, 5.41) is 5.67. The minimum Gasteiger partial charge on any atom is -0.336 e. The van der Waals surface area contributed by atoms with Gasteiger partial charge in [0.1, 0.15) is 0 Å². The average Bonchev–Trinajstić information content (AvgIpc) is 1.98. The van der Waals surface area contributed by atoms with Gasteiger partial charge in [0, 0.05) is 17.8 Å². The lowest BCUT2D eigenvalue weighted by Crippen LogP contribution is -2.44. The van der Waals surface area contributed by atoms with Crippen LogP contribution in [-0.2, 0) is 0 Å². The van der Waals surface area contributed by atoms with Crippen molar-refractivity contribution in [3.05, 3.63) is 0 Å². The van der Waals surface area contributed by atoms with Crippen LogP contribution in [0.1, 0.15) is 27.7 Å². The summed E-state index contributed by atoms with van der Waals surface area (Å²) in [7, 11) is 0. The van der Waals surface area contributed by atoms with E-state index in [1.54, 1.807) is 0 Å². The van der Waals surface area contributed by atoms with E-state index >= 15 is 0 Å². The molecule has 0 fully saturated rings. The molecule has 0 spiro atoms. The zero-order chi connectivity index (χ0) is 10.3. The van der Waals surface area contributed by atoms with E-state index in [1.165, 1.54) is 0 Å². The Hall–Kier alpha value is -0.380. The Morgan fingerprint density at radius 2 is 1.92 bits per heavy atom. The molecule has 13 heavy (non-hydrogen) atoms. The second-order valence-corrected chi connectivity index (χ2v) is 4.65. The number of hydrogen-bond acceptors (Lipinski definition) is 2. The van der Waals surface area contributed by atoms with Gasteiger partial charge in [-0.25, -0.2) is 4.79 Å². The molecule has 0 aromatic rings. The van der Waals surface area contributed by atoms with Crippen molar-refractivity contribution in [2.45, 2.75) is 39.8 Å². The topological polar surface area (TPSA) is 41.1 Å². The van der Waals surface area contributed by atoms with Crippen LogP contribution in [0.3, 0.4) is 0 Å². The molecule has 0 aromatic carbocycles. The van der Waals surface area contributed by atoms with E-state index in [1.807, 2.05) is 32.5 Å². The fraction of sp³-hybridized carbons (Fsp3) is 0.889. The predicted octanol–water partition coefficient (Wildman–Crippen LogP) is 1.84. The predicted molar refractivity (Wildman–Crippen MR) is 59.3 cm³/mol. The Morgan fingerprint density at radius 1 is 1.31 bits per heavy atom. The highest BCUT2D eigenvalue weighted by Gasteiger charge is 2.06. The van der Waals surface area contributed by atoms with Crippen LogP contribution >= 0.6 is 11.8 Å². The van der Waals surface area contributed by atoms with Gasteiger partial charge in [0.25, 0.3) is 0 Å². The Labute approximate surface area is 85.0 Å². The first-order valence-corrected chi connectivity index (χ1v) is 5.86. The van der Waals surface area contributed by atoms with Gasteiger partial charge in [-0.05, 0) is 26.5 Å². The van der Waals surface area contributed by atoms with Gasteiger partial charge in [-0.2, -0.15) is 11.8 Å². The standard InChI is InChI=1S/C9H20N2OS/c1-5-13-6-8(4)11-9(12)10-7(2)3/h7-8H,5-6H2,1-4H3,(H2,10,11,12). The quantitative estimate of drug-likeness (QED) is 0.717. The number of urea groups is 1. The van der Waals surface area contributed by atoms with Crippen LogP contribution < -0.4 is 10.6 Å². The number of carbonyl (C=O) groups is 1. The van der Waals surface area contributed by atoms with Crippen LogP contribution in [0.25, 0.3) is 0 Å². The molecule has 0 heterocycles. The number of rotatable bonds is 5. The molecule has 78 valence electrons. The van der Waals surface area contributed by atoms with Crippen molar-refractivity contribution in [2.75, 3.05) is 11.5 Å². The smallest absolute Gasteiger partial charge is 0.315 e. The average molecular weight is 204 g/mol. The second-order valence-electron chi connectivity index (χ2n) is 3.33. The Balaban J connectivity index is 3.53. The number of carbonyl (C=O) groups excluding carboxylic acids is 1. The summed E-state index contributed by atoms with van der Waals surface area (Å²) in [5.41, 5.74) is 0. The molecule has 4 heteroatoms. The minimum atomic E-state index is -0.0702. The fourth-order valence-electron chi connectivity index (χ4n) is 0.864. The monoisotopic (exact) mass is 204 g/mol. The summed E-state index contributed by atoms with van der Waals surface area (Å²) in [6, 6.07) is 0.369. The first-order valence-electron chi connectivity index (χ1n) is 4.71. The van der Waals surface area contributed by atoms with E-state index in [4.69, 9.17) is 0 Å². The number of hydrogen-bond donors (Lipinski definition) is 2. The molecule has 0 bridgehead atoms. The molecule has 1 atom stereocenters. The van der Waals surface area contributed by atoms with Gasteiger partial charge < -0.3 is 10.6 Å². The van der Waals surface area contributed by atoms with Crippen molar-refractivity contribution < 1.29 is 4.79 Å². The van der Waals surface area contributed by atoms with Crippen LogP contribution in [0, 0.1) is 0 Å². The molecule has 0 saturated heterocycles. The molecule has 3 nitrogen and oxygen atoms in total. The summed E-state index contributed by atoms with van der Waals surface area (Å²) >= 11 is 1.83. The van der Waals surface area contributed by atoms with Crippen molar-refractivity contribution in [1.29, 1.82) is 0 Å². The minimum absolute atomic E-state index is 0.0702. The number of amides is 2. The molecule has 1 unspecified atom stereocenters. The van der Waals surface area contributed by atoms with Crippen molar-refractivity contribution in [2.24, 2.45) is 0 Å². The largest absolute Gasteiger partial charge is 0.336 e.